The number of halogens is 1. The number of ether oxygens (including phenoxy) is 1. The van der Waals surface area contributed by atoms with E-state index in [2.05, 4.69) is 10.5 Å². The van der Waals surface area contributed by atoms with Gasteiger partial charge in [-0.2, -0.15) is 5.10 Å². The van der Waals surface area contributed by atoms with Crippen LogP contribution in [-0.4, -0.2) is 23.2 Å². The molecule has 0 atom stereocenters. The lowest BCUT2D eigenvalue weighted by atomic mass is 10.2. The van der Waals surface area contributed by atoms with E-state index < -0.39 is 11.9 Å². The number of hydrazone groups is 1. The van der Waals surface area contributed by atoms with E-state index >= 15 is 0 Å². The van der Waals surface area contributed by atoms with Crippen LogP contribution in [0, 0.1) is 0 Å². The summed E-state index contributed by atoms with van der Waals surface area (Å²) < 4.78 is 5.41. The van der Waals surface area contributed by atoms with Crippen molar-refractivity contribution in [1.29, 1.82) is 0 Å². The zero-order valence-electron chi connectivity index (χ0n) is 14.5. The molecular formula is C21H15ClN2O4. The van der Waals surface area contributed by atoms with Gasteiger partial charge in [0, 0.05) is 10.6 Å². The van der Waals surface area contributed by atoms with Crippen molar-refractivity contribution in [2.24, 2.45) is 5.10 Å². The number of nitrogens with one attached hydrogen (secondary N) is 1. The van der Waals surface area contributed by atoms with Crippen LogP contribution in [0.15, 0.2) is 77.9 Å². The average Bonchev–Trinajstić information content (AvgIpc) is 2.70. The van der Waals surface area contributed by atoms with Crippen molar-refractivity contribution in [3.63, 3.8) is 0 Å². The molecule has 3 rings (SSSR count). The number of rotatable bonds is 5. The molecule has 0 heterocycles. The van der Waals surface area contributed by atoms with Gasteiger partial charge in [0.25, 0.3) is 5.91 Å². The van der Waals surface area contributed by atoms with E-state index in [-0.39, 0.29) is 17.1 Å². The van der Waals surface area contributed by atoms with Gasteiger partial charge >= 0.3 is 5.97 Å². The molecule has 0 saturated heterocycles. The second-order valence-corrected chi connectivity index (χ2v) is 6.09. The van der Waals surface area contributed by atoms with Crippen LogP contribution in [-0.2, 0) is 0 Å². The monoisotopic (exact) mass is 394 g/mol. The minimum atomic E-state index is -0.565. The van der Waals surface area contributed by atoms with Gasteiger partial charge in [0.05, 0.1) is 17.3 Å². The Bertz CT molecular complexity index is 1030. The van der Waals surface area contributed by atoms with Gasteiger partial charge < -0.3 is 9.84 Å². The Morgan fingerprint density at radius 3 is 2.39 bits per heavy atom. The summed E-state index contributed by atoms with van der Waals surface area (Å²) in [6, 6.07) is 19.2. The van der Waals surface area contributed by atoms with Crippen molar-refractivity contribution < 1.29 is 19.4 Å². The van der Waals surface area contributed by atoms with Gasteiger partial charge in [0.2, 0.25) is 0 Å². The van der Waals surface area contributed by atoms with Gasteiger partial charge in [0.15, 0.2) is 0 Å². The summed E-state index contributed by atoms with van der Waals surface area (Å²) in [5.74, 6) is -0.976. The Hall–Kier alpha value is -3.64. The third kappa shape index (κ3) is 4.75. The van der Waals surface area contributed by atoms with Crippen LogP contribution < -0.4 is 10.2 Å². The van der Waals surface area contributed by atoms with Crippen LogP contribution in [0.2, 0.25) is 5.02 Å². The van der Waals surface area contributed by atoms with Gasteiger partial charge in [-0.1, -0.05) is 35.9 Å². The lowest BCUT2D eigenvalue weighted by Crippen LogP contribution is -2.17. The zero-order valence-corrected chi connectivity index (χ0v) is 15.3. The van der Waals surface area contributed by atoms with Crippen molar-refractivity contribution in [3.05, 3.63) is 94.5 Å². The summed E-state index contributed by atoms with van der Waals surface area (Å²) in [5, 5.41) is 14.1. The molecule has 1 amide bonds. The third-order valence-electron chi connectivity index (χ3n) is 3.72. The van der Waals surface area contributed by atoms with E-state index in [9.17, 15) is 14.7 Å². The number of para-hydroxylation sites is 2. The van der Waals surface area contributed by atoms with Crippen LogP contribution in [0.4, 0.5) is 0 Å². The Balaban J connectivity index is 1.70. The first-order valence-corrected chi connectivity index (χ1v) is 8.60. The molecule has 3 aromatic carbocycles. The number of esters is 1. The SMILES string of the molecule is O=C(Oc1ccccc1/C=N\NC(=O)c1ccccc1O)c1ccc(Cl)cc1. The maximum atomic E-state index is 12.3. The second-order valence-electron chi connectivity index (χ2n) is 5.65. The molecule has 0 fully saturated rings. The number of hydrogen-bond acceptors (Lipinski definition) is 5. The Morgan fingerprint density at radius 2 is 1.64 bits per heavy atom. The number of phenols is 1. The molecule has 0 spiro atoms. The van der Waals surface area contributed by atoms with E-state index in [0.717, 1.165) is 0 Å². The molecule has 0 aliphatic rings. The highest BCUT2D eigenvalue weighted by Crippen LogP contribution is 2.19. The van der Waals surface area contributed by atoms with Crippen molar-refractivity contribution >= 4 is 29.7 Å². The van der Waals surface area contributed by atoms with Crippen LogP contribution in [0.5, 0.6) is 11.5 Å². The molecule has 0 bridgehead atoms. The highest BCUT2D eigenvalue weighted by Gasteiger charge is 2.11. The van der Waals surface area contributed by atoms with Gasteiger partial charge in [-0.3, -0.25) is 4.79 Å². The minimum Gasteiger partial charge on any atom is -0.507 e. The highest BCUT2D eigenvalue weighted by atomic mass is 35.5. The fraction of sp³-hybridized carbons (Fsp3) is 0. The van der Waals surface area contributed by atoms with E-state index in [4.69, 9.17) is 16.3 Å². The number of amides is 1. The Kier molecular flexibility index (Phi) is 6.04. The lowest BCUT2D eigenvalue weighted by molar-refractivity contribution is 0.0734. The second kappa shape index (κ2) is 8.83. The Morgan fingerprint density at radius 1 is 0.964 bits per heavy atom. The number of carbonyl (C=O) groups excluding carboxylic acids is 2. The van der Waals surface area contributed by atoms with Crippen LogP contribution in [0.3, 0.4) is 0 Å². The number of carbonyl (C=O) groups is 2. The third-order valence-corrected chi connectivity index (χ3v) is 3.97. The predicted octanol–water partition coefficient (Wildman–Crippen LogP) is 4.03. The molecule has 0 radical (unpaired) electrons. The van der Waals surface area contributed by atoms with Crippen molar-refractivity contribution in [1.82, 2.24) is 5.43 Å². The number of aromatic hydroxyl groups is 1. The molecule has 140 valence electrons. The molecule has 0 saturated carbocycles. The Labute approximate surface area is 166 Å². The van der Waals surface area contributed by atoms with Crippen LogP contribution in [0.25, 0.3) is 0 Å². The first-order chi connectivity index (χ1) is 13.5. The van der Waals surface area contributed by atoms with Gasteiger partial charge in [-0.25, -0.2) is 10.2 Å². The topological polar surface area (TPSA) is 88.0 Å². The molecule has 2 N–H and O–H groups in total. The van der Waals surface area contributed by atoms with E-state index in [1.807, 2.05) is 0 Å². The molecule has 6 nitrogen and oxygen atoms in total. The predicted molar refractivity (Wildman–Crippen MR) is 106 cm³/mol. The molecule has 0 aliphatic heterocycles. The van der Waals surface area contributed by atoms with E-state index in [1.165, 1.54) is 18.3 Å². The smallest absolute Gasteiger partial charge is 0.343 e. The average molecular weight is 395 g/mol. The quantitative estimate of drug-likeness (QED) is 0.296. The summed E-state index contributed by atoms with van der Waals surface area (Å²) in [5.41, 5.74) is 3.26. The summed E-state index contributed by atoms with van der Waals surface area (Å²) >= 11 is 5.82. The lowest BCUT2D eigenvalue weighted by Gasteiger charge is -2.07. The molecule has 0 aliphatic carbocycles. The normalized spacial score (nSPS) is 10.6. The van der Waals surface area contributed by atoms with Gasteiger partial charge in [0.1, 0.15) is 11.5 Å². The van der Waals surface area contributed by atoms with Crippen molar-refractivity contribution in [2.45, 2.75) is 0 Å². The maximum absolute atomic E-state index is 12.3. The molecule has 7 heteroatoms. The summed E-state index contributed by atoms with van der Waals surface area (Å²) in [6.45, 7) is 0. The standard InChI is InChI=1S/C21H15ClN2O4/c22-16-11-9-14(10-12-16)21(27)28-19-8-4-1-5-15(19)13-23-24-20(26)17-6-2-3-7-18(17)25/h1-13,25H,(H,24,26)/b23-13-. The molecule has 0 unspecified atom stereocenters. The number of benzene rings is 3. The summed E-state index contributed by atoms with van der Waals surface area (Å²) in [4.78, 5) is 24.3. The molecule has 0 aromatic heterocycles. The van der Waals surface area contributed by atoms with E-state index in [0.29, 0.717) is 16.1 Å². The molecule has 3 aromatic rings. The first kappa shape index (κ1) is 19.1. The van der Waals surface area contributed by atoms with E-state index in [1.54, 1.807) is 60.7 Å². The largest absolute Gasteiger partial charge is 0.507 e. The summed E-state index contributed by atoms with van der Waals surface area (Å²) in [6.07, 6.45) is 1.35. The number of phenolic OH excluding ortho intramolecular Hbond substituents is 1. The minimum absolute atomic E-state index is 0.0992. The first-order valence-electron chi connectivity index (χ1n) is 8.23. The highest BCUT2D eigenvalue weighted by molar-refractivity contribution is 6.30. The summed E-state index contributed by atoms with van der Waals surface area (Å²) in [7, 11) is 0. The molecular weight excluding hydrogens is 380 g/mol. The van der Waals surface area contributed by atoms with Crippen LogP contribution in [0.1, 0.15) is 26.3 Å². The maximum Gasteiger partial charge on any atom is 0.343 e. The fourth-order valence-corrected chi connectivity index (χ4v) is 2.44. The number of hydrogen-bond donors (Lipinski definition) is 2. The van der Waals surface area contributed by atoms with Crippen molar-refractivity contribution in [3.8, 4) is 11.5 Å². The van der Waals surface area contributed by atoms with Crippen LogP contribution >= 0.6 is 11.6 Å². The number of nitrogens with zero attached hydrogens (tertiary/aromatic N) is 1. The van der Waals surface area contributed by atoms with Crippen molar-refractivity contribution in [2.75, 3.05) is 0 Å². The van der Waals surface area contributed by atoms with Gasteiger partial charge in [-0.15, -0.1) is 0 Å². The molecule has 28 heavy (non-hydrogen) atoms. The van der Waals surface area contributed by atoms with Gasteiger partial charge in [-0.05, 0) is 48.5 Å². The fourth-order valence-electron chi connectivity index (χ4n) is 2.31. The zero-order chi connectivity index (χ0) is 19.9.